The molecule has 5 nitrogen and oxygen atoms in total. The number of carbonyl (C=O) groups excluding carboxylic acids is 1. The SMILES string of the molecule is CCC1(C(=O)O)CCCN(CCCC(=O)NC)C1. The Bertz CT molecular complexity index is 307. The summed E-state index contributed by atoms with van der Waals surface area (Å²) in [6, 6.07) is 0. The predicted molar refractivity (Wildman–Crippen MR) is 69.3 cm³/mol. The molecule has 5 heteroatoms. The molecule has 1 saturated heterocycles. The van der Waals surface area contributed by atoms with E-state index in [0.717, 1.165) is 32.4 Å². The van der Waals surface area contributed by atoms with Gasteiger partial charge in [-0.3, -0.25) is 9.59 Å². The first kappa shape index (κ1) is 15.0. The minimum absolute atomic E-state index is 0.0481. The smallest absolute Gasteiger partial charge is 0.310 e. The molecular weight excluding hydrogens is 232 g/mol. The van der Waals surface area contributed by atoms with Crippen LogP contribution in [0, 0.1) is 5.41 Å². The number of piperidine rings is 1. The fourth-order valence-electron chi connectivity index (χ4n) is 2.62. The average molecular weight is 256 g/mol. The summed E-state index contributed by atoms with van der Waals surface area (Å²) < 4.78 is 0. The molecule has 1 aliphatic rings. The minimum atomic E-state index is -0.680. The van der Waals surface area contributed by atoms with Gasteiger partial charge in [0, 0.05) is 20.0 Å². The van der Waals surface area contributed by atoms with Gasteiger partial charge in [-0.2, -0.15) is 0 Å². The van der Waals surface area contributed by atoms with Gasteiger partial charge >= 0.3 is 5.97 Å². The van der Waals surface area contributed by atoms with Crippen LogP contribution in [0.4, 0.5) is 0 Å². The highest BCUT2D eigenvalue weighted by atomic mass is 16.4. The number of carboxylic acids is 1. The molecule has 1 aliphatic heterocycles. The van der Waals surface area contributed by atoms with E-state index in [4.69, 9.17) is 0 Å². The van der Waals surface area contributed by atoms with Gasteiger partial charge in [-0.05, 0) is 38.8 Å². The van der Waals surface area contributed by atoms with Gasteiger partial charge in [-0.1, -0.05) is 6.92 Å². The first-order chi connectivity index (χ1) is 8.54. The van der Waals surface area contributed by atoms with Gasteiger partial charge in [0.25, 0.3) is 0 Å². The lowest BCUT2D eigenvalue weighted by molar-refractivity contribution is -0.153. The Morgan fingerprint density at radius 2 is 2.17 bits per heavy atom. The molecule has 0 radical (unpaired) electrons. The number of nitrogens with one attached hydrogen (secondary N) is 1. The lowest BCUT2D eigenvalue weighted by Gasteiger charge is -2.39. The van der Waals surface area contributed by atoms with Crippen molar-refractivity contribution < 1.29 is 14.7 Å². The summed E-state index contributed by atoms with van der Waals surface area (Å²) in [6.45, 7) is 4.32. The molecule has 0 aromatic rings. The molecule has 0 aromatic carbocycles. The molecule has 0 aromatic heterocycles. The fourth-order valence-corrected chi connectivity index (χ4v) is 2.62. The maximum absolute atomic E-state index is 11.4. The van der Waals surface area contributed by atoms with Crippen LogP contribution in [-0.2, 0) is 9.59 Å². The highest BCUT2D eigenvalue weighted by molar-refractivity contribution is 5.75. The third-order valence-corrected chi connectivity index (χ3v) is 3.94. The van der Waals surface area contributed by atoms with Crippen LogP contribution < -0.4 is 5.32 Å². The Labute approximate surface area is 109 Å². The Morgan fingerprint density at radius 1 is 1.44 bits per heavy atom. The summed E-state index contributed by atoms with van der Waals surface area (Å²) in [5.74, 6) is -0.631. The normalized spacial score (nSPS) is 24.8. The lowest BCUT2D eigenvalue weighted by atomic mass is 9.77. The topological polar surface area (TPSA) is 69.6 Å². The average Bonchev–Trinajstić information content (AvgIpc) is 2.38. The van der Waals surface area contributed by atoms with E-state index < -0.39 is 11.4 Å². The third kappa shape index (κ3) is 3.70. The van der Waals surface area contributed by atoms with E-state index in [9.17, 15) is 14.7 Å². The van der Waals surface area contributed by atoms with Crippen LogP contribution in [0.2, 0.25) is 0 Å². The van der Waals surface area contributed by atoms with Gasteiger partial charge in [0.15, 0.2) is 0 Å². The minimum Gasteiger partial charge on any atom is -0.481 e. The maximum Gasteiger partial charge on any atom is 0.310 e. The highest BCUT2D eigenvalue weighted by Crippen LogP contribution is 2.33. The molecular formula is C13H24N2O3. The van der Waals surface area contributed by atoms with Crippen LogP contribution in [0.3, 0.4) is 0 Å². The van der Waals surface area contributed by atoms with E-state index in [2.05, 4.69) is 10.2 Å². The molecule has 0 aliphatic carbocycles. The van der Waals surface area contributed by atoms with Gasteiger partial charge in [-0.25, -0.2) is 0 Å². The molecule has 2 N–H and O–H groups in total. The van der Waals surface area contributed by atoms with E-state index in [1.807, 2.05) is 6.92 Å². The Hall–Kier alpha value is -1.10. The number of likely N-dealkylation sites (tertiary alicyclic amines) is 1. The lowest BCUT2D eigenvalue weighted by Crippen LogP contribution is -2.47. The monoisotopic (exact) mass is 256 g/mol. The van der Waals surface area contributed by atoms with Crippen LogP contribution in [0.25, 0.3) is 0 Å². The van der Waals surface area contributed by atoms with E-state index >= 15 is 0 Å². The Balaban J connectivity index is 2.43. The molecule has 18 heavy (non-hydrogen) atoms. The van der Waals surface area contributed by atoms with Crippen LogP contribution in [0.5, 0.6) is 0 Å². The first-order valence-corrected chi connectivity index (χ1v) is 6.70. The zero-order valence-electron chi connectivity index (χ0n) is 11.4. The fraction of sp³-hybridized carbons (Fsp3) is 0.846. The van der Waals surface area contributed by atoms with Crippen molar-refractivity contribution in [1.29, 1.82) is 0 Å². The molecule has 1 amide bonds. The van der Waals surface area contributed by atoms with Crippen LogP contribution in [0.15, 0.2) is 0 Å². The number of carboxylic acid groups (broad SMARTS) is 1. The van der Waals surface area contributed by atoms with Crippen molar-refractivity contribution in [1.82, 2.24) is 10.2 Å². The van der Waals surface area contributed by atoms with Crippen molar-refractivity contribution in [2.24, 2.45) is 5.41 Å². The van der Waals surface area contributed by atoms with Gasteiger partial charge in [-0.15, -0.1) is 0 Å². The second kappa shape index (κ2) is 6.73. The number of hydrogen-bond acceptors (Lipinski definition) is 3. The number of carbonyl (C=O) groups is 2. The molecule has 0 bridgehead atoms. The maximum atomic E-state index is 11.4. The molecule has 1 heterocycles. The van der Waals surface area contributed by atoms with Gasteiger partial charge in [0.1, 0.15) is 0 Å². The Kier molecular flexibility index (Phi) is 5.59. The number of rotatable bonds is 6. The molecule has 1 unspecified atom stereocenters. The van der Waals surface area contributed by atoms with E-state index in [1.165, 1.54) is 0 Å². The molecule has 1 fully saturated rings. The molecule has 0 saturated carbocycles. The zero-order chi connectivity index (χ0) is 13.6. The third-order valence-electron chi connectivity index (χ3n) is 3.94. The van der Waals surface area contributed by atoms with Crippen molar-refractivity contribution in [3.63, 3.8) is 0 Å². The number of nitrogens with zero attached hydrogens (tertiary/aromatic N) is 1. The number of hydrogen-bond donors (Lipinski definition) is 2. The van der Waals surface area contributed by atoms with Gasteiger partial charge < -0.3 is 15.3 Å². The summed E-state index contributed by atoms with van der Waals surface area (Å²) in [4.78, 5) is 24.7. The van der Waals surface area contributed by atoms with E-state index in [-0.39, 0.29) is 5.91 Å². The molecule has 1 atom stereocenters. The van der Waals surface area contributed by atoms with Gasteiger partial charge in [0.2, 0.25) is 5.91 Å². The van der Waals surface area contributed by atoms with Crippen LogP contribution >= 0.6 is 0 Å². The first-order valence-electron chi connectivity index (χ1n) is 6.70. The summed E-state index contributed by atoms with van der Waals surface area (Å²) >= 11 is 0. The second-order valence-corrected chi connectivity index (χ2v) is 5.10. The van der Waals surface area contributed by atoms with Gasteiger partial charge in [0.05, 0.1) is 5.41 Å². The van der Waals surface area contributed by atoms with Crippen LogP contribution in [0.1, 0.15) is 39.0 Å². The summed E-state index contributed by atoms with van der Waals surface area (Å²) in [7, 11) is 1.63. The highest BCUT2D eigenvalue weighted by Gasteiger charge is 2.40. The van der Waals surface area contributed by atoms with Crippen molar-refractivity contribution in [2.45, 2.75) is 39.0 Å². The molecule has 104 valence electrons. The summed E-state index contributed by atoms with van der Waals surface area (Å²) in [6.07, 6.45) is 3.68. The van der Waals surface area contributed by atoms with Crippen molar-refractivity contribution in [3.05, 3.63) is 0 Å². The van der Waals surface area contributed by atoms with E-state index in [1.54, 1.807) is 7.05 Å². The zero-order valence-corrected chi connectivity index (χ0v) is 11.4. The van der Waals surface area contributed by atoms with E-state index in [0.29, 0.717) is 19.4 Å². The number of aliphatic carboxylic acids is 1. The quantitative estimate of drug-likeness (QED) is 0.746. The molecule has 0 spiro atoms. The van der Waals surface area contributed by atoms with Crippen LogP contribution in [-0.4, -0.2) is 48.6 Å². The predicted octanol–water partition coefficient (Wildman–Crippen LogP) is 1.09. The second-order valence-electron chi connectivity index (χ2n) is 5.10. The van der Waals surface area contributed by atoms with Crippen molar-refractivity contribution in [3.8, 4) is 0 Å². The standard InChI is InChI=1S/C13H24N2O3/c1-3-13(12(17)18)7-5-9-15(10-13)8-4-6-11(16)14-2/h3-10H2,1-2H3,(H,14,16)(H,17,18). The Morgan fingerprint density at radius 3 is 2.72 bits per heavy atom. The number of amides is 1. The summed E-state index contributed by atoms with van der Waals surface area (Å²) in [5.41, 5.74) is -0.578. The summed E-state index contributed by atoms with van der Waals surface area (Å²) in [5, 5.41) is 12.0. The van der Waals surface area contributed by atoms with Crippen molar-refractivity contribution in [2.75, 3.05) is 26.7 Å². The molecule has 1 rings (SSSR count). The van der Waals surface area contributed by atoms with Crippen molar-refractivity contribution >= 4 is 11.9 Å². The largest absolute Gasteiger partial charge is 0.481 e.